The van der Waals surface area contributed by atoms with Crippen LogP contribution in [0.2, 0.25) is 0 Å². The Morgan fingerprint density at radius 1 is 1.00 bits per heavy atom. The number of alkyl halides is 3. The van der Waals surface area contributed by atoms with Crippen molar-refractivity contribution in [2.45, 2.75) is 26.2 Å². The third-order valence-corrected chi connectivity index (χ3v) is 4.86. The van der Waals surface area contributed by atoms with Crippen LogP contribution < -0.4 is 21.9 Å². The Balaban J connectivity index is 1.76. The standard InChI is InChI=1S/C23H21F3N4O4/c1-15-7-8-17(21(33)27-14-23(24,25)26)11-18(15)28-19(31)13-30-20(32)9-10-29(22(30)34)12-16-5-3-2-4-6-16/h2-11H,12-14H2,1H3,(H,27,33)(H,28,31). The van der Waals surface area contributed by atoms with E-state index in [-0.39, 0.29) is 17.8 Å². The molecular weight excluding hydrogens is 453 g/mol. The maximum Gasteiger partial charge on any atom is 0.405 e. The van der Waals surface area contributed by atoms with Crippen LogP contribution in [0.25, 0.3) is 0 Å². The summed E-state index contributed by atoms with van der Waals surface area (Å²) in [5, 5.41) is 4.25. The molecule has 178 valence electrons. The minimum atomic E-state index is -4.56. The maximum atomic E-state index is 12.7. The fourth-order valence-electron chi connectivity index (χ4n) is 3.12. The van der Waals surface area contributed by atoms with Gasteiger partial charge in [-0.2, -0.15) is 13.2 Å². The van der Waals surface area contributed by atoms with E-state index in [2.05, 4.69) is 5.32 Å². The van der Waals surface area contributed by atoms with Crippen molar-refractivity contribution in [2.24, 2.45) is 0 Å². The number of carbonyl (C=O) groups excluding carboxylic acids is 2. The molecule has 0 aliphatic carbocycles. The number of aromatic nitrogens is 2. The van der Waals surface area contributed by atoms with Gasteiger partial charge < -0.3 is 10.6 Å². The Morgan fingerprint density at radius 2 is 1.71 bits per heavy atom. The molecule has 11 heteroatoms. The van der Waals surface area contributed by atoms with Crippen molar-refractivity contribution in [1.29, 1.82) is 0 Å². The van der Waals surface area contributed by atoms with Crippen LogP contribution in [0.4, 0.5) is 18.9 Å². The lowest BCUT2D eigenvalue weighted by molar-refractivity contribution is -0.123. The van der Waals surface area contributed by atoms with Crippen LogP contribution in [-0.4, -0.2) is 33.7 Å². The number of halogens is 3. The second-order valence-corrected chi connectivity index (χ2v) is 7.51. The topological polar surface area (TPSA) is 102 Å². The lowest BCUT2D eigenvalue weighted by Crippen LogP contribution is -2.41. The van der Waals surface area contributed by atoms with Crippen LogP contribution in [0, 0.1) is 6.92 Å². The summed E-state index contributed by atoms with van der Waals surface area (Å²) in [6.45, 7) is -0.255. The van der Waals surface area contributed by atoms with Gasteiger partial charge in [0.25, 0.3) is 11.5 Å². The molecule has 0 aliphatic rings. The summed E-state index contributed by atoms with van der Waals surface area (Å²) in [7, 11) is 0. The molecular formula is C23H21F3N4O4. The van der Waals surface area contributed by atoms with Gasteiger partial charge in [-0.1, -0.05) is 36.4 Å². The molecule has 0 unspecified atom stereocenters. The molecule has 0 spiro atoms. The van der Waals surface area contributed by atoms with Gasteiger partial charge in [0.1, 0.15) is 13.1 Å². The predicted octanol–water partition coefficient (Wildman–Crippen LogP) is 2.30. The number of aryl methyl sites for hydroxylation is 1. The highest BCUT2D eigenvalue weighted by atomic mass is 19.4. The van der Waals surface area contributed by atoms with E-state index in [1.54, 1.807) is 12.2 Å². The van der Waals surface area contributed by atoms with Crippen molar-refractivity contribution in [3.05, 3.63) is 98.3 Å². The quantitative estimate of drug-likeness (QED) is 0.549. The van der Waals surface area contributed by atoms with Gasteiger partial charge in [-0.15, -0.1) is 0 Å². The van der Waals surface area contributed by atoms with E-state index in [0.29, 0.717) is 5.56 Å². The number of benzene rings is 2. The average molecular weight is 474 g/mol. The summed E-state index contributed by atoms with van der Waals surface area (Å²) in [6, 6.07) is 14.3. The number of amides is 2. The SMILES string of the molecule is Cc1ccc(C(=O)NCC(F)(F)F)cc1NC(=O)Cn1c(=O)ccn(Cc2ccccc2)c1=O. The second-order valence-electron chi connectivity index (χ2n) is 7.51. The Hall–Kier alpha value is -4.15. The first-order chi connectivity index (χ1) is 16.0. The van der Waals surface area contributed by atoms with Gasteiger partial charge in [-0.05, 0) is 30.2 Å². The highest BCUT2D eigenvalue weighted by Gasteiger charge is 2.28. The van der Waals surface area contributed by atoms with Crippen molar-refractivity contribution < 1.29 is 22.8 Å². The molecule has 0 bridgehead atoms. The molecule has 8 nitrogen and oxygen atoms in total. The molecule has 2 amide bonds. The zero-order valence-electron chi connectivity index (χ0n) is 18.1. The molecule has 0 aliphatic heterocycles. The summed E-state index contributed by atoms with van der Waals surface area (Å²) in [5.74, 6) is -1.68. The Kier molecular flexibility index (Phi) is 7.34. The summed E-state index contributed by atoms with van der Waals surface area (Å²) in [5.41, 5.74) is 0.0913. The van der Waals surface area contributed by atoms with Gasteiger partial charge in [-0.25, -0.2) is 4.79 Å². The normalized spacial score (nSPS) is 11.2. The van der Waals surface area contributed by atoms with E-state index in [0.717, 1.165) is 10.1 Å². The van der Waals surface area contributed by atoms with Gasteiger partial charge in [-0.3, -0.25) is 23.5 Å². The first kappa shape index (κ1) is 24.5. The van der Waals surface area contributed by atoms with Crippen LogP contribution in [0.3, 0.4) is 0 Å². The van der Waals surface area contributed by atoms with Gasteiger partial charge in [0.05, 0.1) is 6.54 Å². The van der Waals surface area contributed by atoms with E-state index < -0.39 is 42.3 Å². The number of carbonyl (C=O) groups is 2. The van der Waals surface area contributed by atoms with Crippen molar-refractivity contribution in [1.82, 2.24) is 14.5 Å². The summed E-state index contributed by atoms with van der Waals surface area (Å²) >= 11 is 0. The summed E-state index contributed by atoms with van der Waals surface area (Å²) < 4.78 is 39.1. The third kappa shape index (κ3) is 6.44. The first-order valence-electron chi connectivity index (χ1n) is 10.1. The summed E-state index contributed by atoms with van der Waals surface area (Å²) in [6.07, 6.45) is -3.22. The Bertz CT molecular complexity index is 1310. The number of nitrogens with zero attached hydrogens (tertiary/aromatic N) is 2. The number of rotatable bonds is 7. The zero-order chi connectivity index (χ0) is 24.9. The molecule has 3 rings (SSSR count). The monoisotopic (exact) mass is 474 g/mol. The van der Waals surface area contributed by atoms with Crippen LogP contribution in [-0.2, 0) is 17.9 Å². The summed E-state index contributed by atoms with van der Waals surface area (Å²) in [4.78, 5) is 49.5. The fourth-order valence-corrected chi connectivity index (χ4v) is 3.12. The van der Waals surface area contributed by atoms with Crippen molar-refractivity contribution in [3.8, 4) is 0 Å². The average Bonchev–Trinajstić information content (AvgIpc) is 2.78. The first-order valence-corrected chi connectivity index (χ1v) is 10.1. The fraction of sp³-hybridized carbons (Fsp3) is 0.217. The molecule has 3 aromatic rings. The van der Waals surface area contributed by atoms with E-state index in [1.165, 1.54) is 35.0 Å². The number of hydrogen-bond donors (Lipinski definition) is 2. The third-order valence-electron chi connectivity index (χ3n) is 4.86. The Morgan fingerprint density at radius 3 is 2.38 bits per heavy atom. The number of anilines is 1. The van der Waals surface area contributed by atoms with Crippen molar-refractivity contribution in [2.75, 3.05) is 11.9 Å². The van der Waals surface area contributed by atoms with Gasteiger partial charge in [0.2, 0.25) is 5.91 Å². The second kappa shape index (κ2) is 10.2. The zero-order valence-corrected chi connectivity index (χ0v) is 18.1. The van der Waals surface area contributed by atoms with E-state index in [1.807, 2.05) is 30.3 Å². The van der Waals surface area contributed by atoms with Crippen molar-refractivity contribution in [3.63, 3.8) is 0 Å². The lowest BCUT2D eigenvalue weighted by Gasteiger charge is -2.13. The molecule has 1 aromatic heterocycles. The minimum Gasteiger partial charge on any atom is -0.343 e. The molecule has 0 radical (unpaired) electrons. The molecule has 2 N–H and O–H groups in total. The Labute approximate surface area is 191 Å². The van der Waals surface area contributed by atoms with Crippen LogP contribution in [0.15, 0.2) is 70.4 Å². The molecule has 34 heavy (non-hydrogen) atoms. The van der Waals surface area contributed by atoms with Crippen LogP contribution in [0.5, 0.6) is 0 Å². The van der Waals surface area contributed by atoms with Crippen molar-refractivity contribution >= 4 is 17.5 Å². The van der Waals surface area contributed by atoms with Crippen LogP contribution in [0.1, 0.15) is 21.5 Å². The van der Waals surface area contributed by atoms with E-state index >= 15 is 0 Å². The molecule has 0 atom stereocenters. The molecule has 2 aromatic carbocycles. The molecule has 0 saturated heterocycles. The lowest BCUT2D eigenvalue weighted by atomic mass is 10.1. The van der Waals surface area contributed by atoms with Gasteiger partial charge in [0, 0.05) is 23.5 Å². The number of hydrogen-bond acceptors (Lipinski definition) is 4. The number of nitrogens with one attached hydrogen (secondary N) is 2. The smallest absolute Gasteiger partial charge is 0.343 e. The molecule has 0 fully saturated rings. The highest BCUT2D eigenvalue weighted by molar-refractivity contribution is 5.97. The molecule has 0 saturated carbocycles. The predicted molar refractivity (Wildman–Crippen MR) is 119 cm³/mol. The maximum absolute atomic E-state index is 12.7. The van der Waals surface area contributed by atoms with E-state index in [4.69, 9.17) is 0 Å². The largest absolute Gasteiger partial charge is 0.405 e. The van der Waals surface area contributed by atoms with E-state index in [9.17, 15) is 32.3 Å². The highest BCUT2D eigenvalue weighted by Crippen LogP contribution is 2.18. The minimum absolute atomic E-state index is 0.0905. The van der Waals surface area contributed by atoms with Crippen LogP contribution >= 0.6 is 0 Å². The van der Waals surface area contributed by atoms with Gasteiger partial charge in [0.15, 0.2) is 0 Å². The molecule has 1 heterocycles. The van der Waals surface area contributed by atoms with Gasteiger partial charge >= 0.3 is 11.9 Å².